The first kappa shape index (κ1) is 24.4. The van der Waals surface area contributed by atoms with Crippen molar-refractivity contribution in [1.82, 2.24) is 14.9 Å². The van der Waals surface area contributed by atoms with Crippen LogP contribution in [-0.4, -0.2) is 52.6 Å². The third-order valence-corrected chi connectivity index (χ3v) is 7.42. The summed E-state index contributed by atoms with van der Waals surface area (Å²) in [6.45, 7) is 0.428. The van der Waals surface area contributed by atoms with Gasteiger partial charge in [0.25, 0.3) is 5.91 Å². The van der Waals surface area contributed by atoms with Gasteiger partial charge in [0.2, 0.25) is 0 Å². The second-order valence-corrected chi connectivity index (χ2v) is 10.3. The Labute approximate surface area is 209 Å². The molecule has 0 saturated heterocycles. The Kier molecular flexibility index (Phi) is 6.29. The van der Waals surface area contributed by atoms with E-state index in [0.717, 1.165) is 17.3 Å². The molecule has 2 aliphatic rings. The fourth-order valence-corrected chi connectivity index (χ4v) is 5.62. The Bertz CT molecular complexity index is 1330. The third kappa shape index (κ3) is 4.60. The largest absolute Gasteiger partial charge is 0.616 e. The highest BCUT2D eigenvalue weighted by molar-refractivity contribution is 7.90. The number of fused-ring (bicyclic) bond motifs is 2. The molecule has 0 saturated carbocycles. The number of likely N-dealkylation sites (N-methyl/N-ethyl adjacent to an activating group) is 1. The highest BCUT2D eigenvalue weighted by Gasteiger charge is 2.37. The van der Waals surface area contributed by atoms with E-state index in [9.17, 15) is 22.5 Å². The molecule has 1 unspecified atom stereocenters. The summed E-state index contributed by atoms with van der Waals surface area (Å²) in [7, 11) is 3.29. The average Bonchev–Trinajstić information content (AvgIpc) is 3.43. The summed E-state index contributed by atoms with van der Waals surface area (Å²) in [6.07, 6.45) is -3.87. The number of carbonyl (C=O) groups excluding carboxylic acids is 1. The molecule has 2 aliphatic heterocycles. The predicted octanol–water partition coefficient (Wildman–Crippen LogP) is 4.09. The second kappa shape index (κ2) is 9.29. The quantitative estimate of drug-likeness (QED) is 0.476. The fourth-order valence-electron chi connectivity index (χ4n) is 4.36. The van der Waals surface area contributed by atoms with E-state index in [-0.39, 0.29) is 35.4 Å². The first-order chi connectivity index (χ1) is 17.1. The standard InChI is InChI=1S/C25H23F3N4O3S/c1-31(2)22(33)12-35-16-8-7-15-9-10-32(21(15)11-16)24-18-13-36(34)14-20(18)29-23(30-24)17-5-3-4-6-19(17)25(26,27)28/h3-8,11H,9-10,12-14H2,1-2H3. The minimum absolute atomic E-state index is 0.0481. The maximum atomic E-state index is 13.7. The van der Waals surface area contributed by atoms with Crippen LogP contribution in [-0.2, 0) is 40.1 Å². The number of benzene rings is 2. The van der Waals surface area contributed by atoms with Crippen LogP contribution in [0.1, 0.15) is 22.4 Å². The molecule has 0 radical (unpaired) electrons. The van der Waals surface area contributed by atoms with Crippen LogP contribution in [0.3, 0.4) is 0 Å². The van der Waals surface area contributed by atoms with Crippen molar-refractivity contribution in [2.24, 2.45) is 0 Å². The van der Waals surface area contributed by atoms with Crippen LogP contribution >= 0.6 is 0 Å². The third-order valence-electron chi connectivity index (χ3n) is 6.22. The van der Waals surface area contributed by atoms with Gasteiger partial charge in [0, 0.05) is 38.0 Å². The SMILES string of the molecule is CN(C)C(=O)COc1ccc2c(c1)N(c1nc(-c3ccccc3C(F)(F)F)nc3c1C[S+]([O-])C3)CC2. The highest BCUT2D eigenvalue weighted by atomic mass is 32.2. The second-order valence-electron chi connectivity index (χ2n) is 8.84. The normalized spacial score (nSPS) is 16.6. The molecule has 1 amide bonds. The Balaban J connectivity index is 1.57. The number of alkyl halides is 3. The zero-order chi connectivity index (χ0) is 25.6. The summed E-state index contributed by atoms with van der Waals surface area (Å²) < 4.78 is 59.3. The molecule has 0 spiro atoms. The molecular formula is C25H23F3N4O3S. The maximum Gasteiger partial charge on any atom is 0.417 e. The molecule has 1 atom stereocenters. The van der Waals surface area contributed by atoms with Crippen LogP contribution in [0.4, 0.5) is 24.7 Å². The molecule has 3 aromatic rings. The van der Waals surface area contributed by atoms with Crippen molar-refractivity contribution in [1.29, 1.82) is 0 Å². The zero-order valence-corrected chi connectivity index (χ0v) is 20.4. The van der Waals surface area contributed by atoms with E-state index in [1.165, 1.54) is 23.1 Å². The summed E-state index contributed by atoms with van der Waals surface area (Å²) >= 11 is -1.21. The van der Waals surface area contributed by atoms with Crippen LogP contribution in [0.15, 0.2) is 42.5 Å². The first-order valence-electron chi connectivity index (χ1n) is 11.3. The van der Waals surface area contributed by atoms with E-state index in [4.69, 9.17) is 4.74 Å². The van der Waals surface area contributed by atoms with Crippen molar-refractivity contribution < 1.29 is 27.3 Å². The number of aromatic nitrogens is 2. The summed E-state index contributed by atoms with van der Waals surface area (Å²) in [5.41, 5.74) is 2.05. The van der Waals surface area contributed by atoms with E-state index in [1.807, 2.05) is 11.0 Å². The van der Waals surface area contributed by atoms with E-state index in [1.54, 1.807) is 26.2 Å². The lowest BCUT2D eigenvalue weighted by Crippen LogP contribution is -2.27. The lowest BCUT2D eigenvalue weighted by molar-refractivity contribution is -0.137. The minimum Gasteiger partial charge on any atom is -0.616 e. The van der Waals surface area contributed by atoms with Crippen molar-refractivity contribution in [2.75, 3.05) is 32.1 Å². The lowest BCUT2D eigenvalue weighted by atomic mass is 10.1. The van der Waals surface area contributed by atoms with Gasteiger partial charge >= 0.3 is 6.18 Å². The van der Waals surface area contributed by atoms with Gasteiger partial charge in [-0.1, -0.05) is 24.3 Å². The van der Waals surface area contributed by atoms with Crippen molar-refractivity contribution in [2.45, 2.75) is 24.1 Å². The van der Waals surface area contributed by atoms with Gasteiger partial charge in [-0.05, 0) is 35.3 Å². The lowest BCUT2D eigenvalue weighted by Gasteiger charge is -2.22. The van der Waals surface area contributed by atoms with Gasteiger partial charge in [-0.3, -0.25) is 4.79 Å². The number of rotatable bonds is 5. The number of halogens is 3. The van der Waals surface area contributed by atoms with E-state index >= 15 is 0 Å². The maximum absolute atomic E-state index is 13.7. The molecule has 1 aromatic heterocycles. The minimum atomic E-state index is -4.57. The Hall–Kier alpha value is -3.31. The van der Waals surface area contributed by atoms with Crippen molar-refractivity contribution in [3.63, 3.8) is 0 Å². The van der Waals surface area contributed by atoms with Crippen LogP contribution in [0, 0.1) is 0 Å². The van der Waals surface area contributed by atoms with Crippen LogP contribution in [0.5, 0.6) is 5.75 Å². The van der Waals surface area contributed by atoms with Gasteiger partial charge in [0.05, 0.1) is 11.1 Å². The van der Waals surface area contributed by atoms with Gasteiger partial charge in [0.1, 0.15) is 28.8 Å². The van der Waals surface area contributed by atoms with Crippen molar-refractivity contribution >= 4 is 28.6 Å². The molecule has 3 heterocycles. The fraction of sp³-hybridized carbons (Fsp3) is 0.320. The predicted molar refractivity (Wildman–Crippen MR) is 129 cm³/mol. The van der Waals surface area contributed by atoms with Gasteiger partial charge in [-0.25, -0.2) is 9.97 Å². The number of nitrogens with zero attached hydrogens (tertiary/aromatic N) is 4. The van der Waals surface area contributed by atoms with Crippen LogP contribution in [0.25, 0.3) is 11.4 Å². The smallest absolute Gasteiger partial charge is 0.417 e. The molecule has 0 bridgehead atoms. The van der Waals surface area contributed by atoms with E-state index in [2.05, 4.69) is 9.97 Å². The van der Waals surface area contributed by atoms with Gasteiger partial charge in [-0.15, -0.1) is 0 Å². The van der Waals surface area contributed by atoms with Gasteiger partial charge in [0.15, 0.2) is 12.4 Å². The molecular weight excluding hydrogens is 493 g/mol. The molecule has 11 heteroatoms. The van der Waals surface area contributed by atoms with Crippen LogP contribution < -0.4 is 9.64 Å². The summed E-state index contributed by atoms with van der Waals surface area (Å²) in [5, 5.41) is 0. The van der Waals surface area contributed by atoms with Gasteiger partial charge < -0.3 is 19.1 Å². The van der Waals surface area contributed by atoms with E-state index < -0.39 is 22.9 Å². The molecule has 7 nitrogen and oxygen atoms in total. The summed E-state index contributed by atoms with van der Waals surface area (Å²) in [6, 6.07) is 10.7. The molecule has 5 rings (SSSR count). The topological polar surface area (TPSA) is 81.6 Å². The number of hydrogen-bond donors (Lipinski definition) is 0. The monoisotopic (exact) mass is 516 g/mol. The molecule has 0 fully saturated rings. The highest BCUT2D eigenvalue weighted by Crippen LogP contribution is 2.43. The molecule has 0 aliphatic carbocycles. The Morgan fingerprint density at radius 1 is 1.17 bits per heavy atom. The zero-order valence-electron chi connectivity index (χ0n) is 19.6. The van der Waals surface area contributed by atoms with Crippen molar-refractivity contribution in [3.8, 4) is 17.1 Å². The summed E-state index contributed by atoms with van der Waals surface area (Å²) in [5.74, 6) is 1.13. The number of ether oxygens (including phenoxy) is 1. The first-order valence-corrected chi connectivity index (χ1v) is 12.8. The Morgan fingerprint density at radius 2 is 1.94 bits per heavy atom. The van der Waals surface area contributed by atoms with Crippen molar-refractivity contribution in [3.05, 3.63) is 64.8 Å². The molecule has 36 heavy (non-hydrogen) atoms. The molecule has 2 aromatic carbocycles. The molecule has 188 valence electrons. The number of amides is 1. The summed E-state index contributed by atoms with van der Waals surface area (Å²) in [4.78, 5) is 24.3. The number of hydrogen-bond acceptors (Lipinski definition) is 6. The number of anilines is 2. The van der Waals surface area contributed by atoms with E-state index in [0.29, 0.717) is 35.8 Å². The van der Waals surface area contributed by atoms with Crippen LogP contribution in [0.2, 0.25) is 0 Å². The number of carbonyl (C=O) groups is 1. The molecule has 0 N–H and O–H groups in total. The van der Waals surface area contributed by atoms with Gasteiger partial charge in [-0.2, -0.15) is 13.2 Å². The Morgan fingerprint density at radius 3 is 2.69 bits per heavy atom. The average molecular weight is 517 g/mol.